The number of nitrogens with zero attached hydrogens (tertiary/aromatic N) is 2. The quantitative estimate of drug-likeness (QED) is 0.859. The molecule has 17 heavy (non-hydrogen) atoms. The number of aliphatic hydroxyl groups is 1. The Kier molecular flexibility index (Phi) is 2.88. The topological polar surface area (TPSA) is 68.4 Å². The molecule has 0 saturated carbocycles. The molecule has 2 bridgehead atoms. The van der Waals surface area contributed by atoms with Gasteiger partial charge in [-0.2, -0.15) is 4.98 Å². The van der Waals surface area contributed by atoms with E-state index in [9.17, 15) is 5.11 Å². The van der Waals surface area contributed by atoms with Crippen LogP contribution >= 0.6 is 0 Å². The van der Waals surface area contributed by atoms with Gasteiger partial charge in [0.25, 0.3) is 0 Å². The molecule has 2 saturated heterocycles. The number of rotatable bonds is 4. The Hall–Kier alpha value is -0.940. The van der Waals surface area contributed by atoms with E-state index in [2.05, 4.69) is 10.1 Å². The molecule has 2 aliphatic heterocycles. The molecule has 0 radical (unpaired) electrons. The van der Waals surface area contributed by atoms with E-state index in [-0.39, 0.29) is 12.2 Å². The fourth-order valence-corrected chi connectivity index (χ4v) is 2.76. The van der Waals surface area contributed by atoms with Gasteiger partial charge in [-0.25, -0.2) is 0 Å². The van der Waals surface area contributed by atoms with Crippen molar-refractivity contribution in [3.63, 3.8) is 0 Å². The smallest absolute Gasteiger partial charge is 0.229 e. The summed E-state index contributed by atoms with van der Waals surface area (Å²) in [5, 5.41) is 13.6. The van der Waals surface area contributed by atoms with Gasteiger partial charge in [0.05, 0.1) is 30.7 Å². The van der Waals surface area contributed by atoms with Gasteiger partial charge in [0.1, 0.15) is 0 Å². The highest BCUT2D eigenvalue weighted by Crippen LogP contribution is 2.43. The van der Waals surface area contributed by atoms with E-state index in [1.165, 1.54) is 6.42 Å². The minimum atomic E-state index is -0.389. The molecule has 0 amide bonds. The van der Waals surface area contributed by atoms with E-state index >= 15 is 0 Å². The summed E-state index contributed by atoms with van der Waals surface area (Å²) < 4.78 is 11.0. The zero-order chi connectivity index (χ0) is 11.8. The lowest BCUT2D eigenvalue weighted by molar-refractivity contribution is 0.0996. The molecule has 0 aromatic carbocycles. The molecule has 1 aromatic rings. The maximum absolute atomic E-state index is 9.54. The summed E-state index contributed by atoms with van der Waals surface area (Å²) in [7, 11) is 0. The lowest BCUT2D eigenvalue weighted by Crippen LogP contribution is -2.16. The van der Waals surface area contributed by atoms with Gasteiger partial charge in [-0.1, -0.05) is 12.1 Å². The van der Waals surface area contributed by atoms with Crippen LogP contribution < -0.4 is 0 Å². The Bertz CT molecular complexity index is 393. The lowest BCUT2D eigenvalue weighted by atomic mass is 9.89. The van der Waals surface area contributed by atoms with E-state index in [4.69, 9.17) is 9.26 Å². The third-order valence-electron chi connectivity index (χ3n) is 3.80. The van der Waals surface area contributed by atoms with E-state index in [0.717, 1.165) is 18.7 Å². The van der Waals surface area contributed by atoms with Crippen molar-refractivity contribution in [2.75, 3.05) is 0 Å². The summed E-state index contributed by atoms with van der Waals surface area (Å²) in [4.78, 5) is 4.38. The average molecular weight is 238 g/mol. The molecule has 0 aliphatic carbocycles. The van der Waals surface area contributed by atoms with Crippen molar-refractivity contribution in [1.82, 2.24) is 10.1 Å². The molecule has 2 fully saturated rings. The molecule has 94 valence electrons. The van der Waals surface area contributed by atoms with Crippen molar-refractivity contribution in [2.24, 2.45) is 0 Å². The Morgan fingerprint density at radius 2 is 2.35 bits per heavy atom. The molecule has 3 rings (SSSR count). The second-order valence-electron chi connectivity index (χ2n) is 5.03. The number of aromatic nitrogens is 2. The molecule has 5 nitrogen and oxygen atoms in total. The van der Waals surface area contributed by atoms with E-state index in [0.29, 0.717) is 30.8 Å². The van der Waals surface area contributed by atoms with Gasteiger partial charge >= 0.3 is 0 Å². The molecule has 3 heterocycles. The number of aliphatic hydroxyl groups excluding tert-OH is 1. The van der Waals surface area contributed by atoms with Crippen LogP contribution in [0.25, 0.3) is 0 Å². The number of fused-ring (bicyclic) bond motifs is 2. The van der Waals surface area contributed by atoms with Crippen LogP contribution in [0.5, 0.6) is 0 Å². The Morgan fingerprint density at radius 3 is 3.00 bits per heavy atom. The van der Waals surface area contributed by atoms with Gasteiger partial charge in [-0.3, -0.25) is 0 Å². The maximum Gasteiger partial charge on any atom is 0.229 e. The lowest BCUT2D eigenvalue weighted by Gasteiger charge is -2.13. The van der Waals surface area contributed by atoms with Crippen LogP contribution in [-0.4, -0.2) is 33.6 Å². The first-order chi connectivity index (χ1) is 8.26. The first-order valence-corrected chi connectivity index (χ1v) is 6.42. The van der Waals surface area contributed by atoms with E-state index < -0.39 is 0 Å². The summed E-state index contributed by atoms with van der Waals surface area (Å²) in [5.41, 5.74) is 0. The summed E-state index contributed by atoms with van der Waals surface area (Å²) in [6.45, 7) is 1.94. The molecule has 4 unspecified atom stereocenters. The van der Waals surface area contributed by atoms with Gasteiger partial charge in [-0.05, 0) is 25.7 Å². The van der Waals surface area contributed by atoms with Crippen molar-refractivity contribution in [2.45, 2.75) is 63.3 Å². The predicted molar refractivity (Wildman–Crippen MR) is 59.6 cm³/mol. The fraction of sp³-hybridized carbons (Fsp3) is 0.833. The molecule has 0 spiro atoms. The van der Waals surface area contributed by atoms with Crippen molar-refractivity contribution in [1.29, 1.82) is 0 Å². The van der Waals surface area contributed by atoms with Crippen LogP contribution in [0.15, 0.2) is 4.52 Å². The van der Waals surface area contributed by atoms with Gasteiger partial charge in [-0.15, -0.1) is 0 Å². The predicted octanol–water partition coefficient (Wildman–Crippen LogP) is 1.42. The summed E-state index contributed by atoms with van der Waals surface area (Å²) in [6, 6.07) is 0. The Balaban J connectivity index is 1.68. The minimum Gasteiger partial charge on any atom is -0.393 e. The Morgan fingerprint density at radius 1 is 1.47 bits per heavy atom. The fourth-order valence-electron chi connectivity index (χ4n) is 2.76. The molecule has 4 atom stereocenters. The first kappa shape index (κ1) is 11.2. The van der Waals surface area contributed by atoms with Crippen LogP contribution in [0.3, 0.4) is 0 Å². The minimum absolute atomic E-state index is 0.279. The molecular weight excluding hydrogens is 220 g/mol. The number of ether oxygens (including phenoxy) is 1. The van der Waals surface area contributed by atoms with Crippen LogP contribution in [0.2, 0.25) is 0 Å². The SMILES string of the molecule is CCC(O)Cc1nc(C2CC3CCC2O3)no1. The molecule has 1 aromatic heterocycles. The third-order valence-corrected chi connectivity index (χ3v) is 3.80. The van der Waals surface area contributed by atoms with Crippen molar-refractivity contribution in [3.05, 3.63) is 11.7 Å². The molecule has 2 aliphatic rings. The van der Waals surface area contributed by atoms with Crippen molar-refractivity contribution < 1.29 is 14.4 Å². The van der Waals surface area contributed by atoms with Crippen LogP contribution in [0.4, 0.5) is 0 Å². The highest BCUT2D eigenvalue weighted by atomic mass is 16.5. The normalized spacial score (nSPS) is 33.2. The van der Waals surface area contributed by atoms with E-state index in [1.807, 2.05) is 6.92 Å². The second-order valence-corrected chi connectivity index (χ2v) is 5.03. The summed E-state index contributed by atoms with van der Waals surface area (Å²) in [6.07, 6.45) is 4.73. The zero-order valence-electron chi connectivity index (χ0n) is 10.0. The monoisotopic (exact) mass is 238 g/mol. The summed E-state index contributed by atoms with van der Waals surface area (Å²) in [5.74, 6) is 1.60. The van der Waals surface area contributed by atoms with Crippen LogP contribution in [0, 0.1) is 0 Å². The van der Waals surface area contributed by atoms with E-state index in [1.54, 1.807) is 0 Å². The molecular formula is C12H18N2O3. The molecule has 1 N–H and O–H groups in total. The van der Waals surface area contributed by atoms with Gasteiger partial charge in [0, 0.05) is 0 Å². The molecule has 5 heteroatoms. The van der Waals surface area contributed by atoms with Gasteiger partial charge in [0.2, 0.25) is 5.89 Å². The highest BCUT2D eigenvalue weighted by Gasteiger charge is 2.43. The second kappa shape index (κ2) is 4.38. The number of hydrogen-bond acceptors (Lipinski definition) is 5. The average Bonchev–Trinajstić information content (AvgIpc) is 3.03. The number of hydrogen-bond donors (Lipinski definition) is 1. The van der Waals surface area contributed by atoms with Crippen molar-refractivity contribution >= 4 is 0 Å². The third kappa shape index (κ3) is 2.09. The van der Waals surface area contributed by atoms with Crippen molar-refractivity contribution in [3.8, 4) is 0 Å². The Labute approximate surface area is 100 Å². The van der Waals surface area contributed by atoms with Gasteiger partial charge < -0.3 is 14.4 Å². The summed E-state index contributed by atoms with van der Waals surface area (Å²) >= 11 is 0. The van der Waals surface area contributed by atoms with Gasteiger partial charge in [0.15, 0.2) is 5.82 Å². The van der Waals surface area contributed by atoms with Crippen LogP contribution in [0.1, 0.15) is 50.2 Å². The maximum atomic E-state index is 9.54. The van der Waals surface area contributed by atoms with Crippen LogP contribution in [-0.2, 0) is 11.2 Å². The largest absolute Gasteiger partial charge is 0.393 e. The zero-order valence-corrected chi connectivity index (χ0v) is 10.0. The highest BCUT2D eigenvalue weighted by molar-refractivity contribution is 5.06. The first-order valence-electron chi connectivity index (χ1n) is 6.42. The standard InChI is InChI=1S/C12H18N2O3/c1-2-7(15)5-11-13-12(14-17-11)9-6-8-3-4-10(9)16-8/h7-10,15H,2-6H2,1H3.